The van der Waals surface area contributed by atoms with Crippen molar-refractivity contribution in [1.82, 2.24) is 15.2 Å². The van der Waals surface area contributed by atoms with Crippen LogP contribution in [0.1, 0.15) is 0 Å². The number of nitrogens with zero attached hydrogens (tertiary/aromatic N) is 3. The maximum atomic E-state index is 5.50. The quantitative estimate of drug-likeness (QED) is 0.758. The van der Waals surface area contributed by atoms with E-state index in [9.17, 15) is 0 Å². The van der Waals surface area contributed by atoms with Crippen molar-refractivity contribution in [3.8, 4) is 17.3 Å². The topological polar surface area (TPSA) is 61.0 Å². The molecule has 5 nitrogen and oxygen atoms in total. The van der Waals surface area contributed by atoms with Crippen LogP contribution in [0.4, 0.5) is 0 Å². The monoisotopic (exact) mass is 211 g/mol. The molecule has 6 heteroatoms. The maximum Gasteiger partial charge on any atom is 0.313 e. The van der Waals surface area contributed by atoms with Gasteiger partial charge in [0.05, 0.1) is 7.11 Å². The molecule has 2 aromatic heterocycles. The first-order valence-corrected chi connectivity index (χ1v) is 4.17. The van der Waals surface area contributed by atoms with E-state index in [1.54, 1.807) is 18.3 Å². The lowest BCUT2D eigenvalue weighted by molar-refractivity contribution is 0.397. The Labute approximate surface area is 84.7 Å². The summed E-state index contributed by atoms with van der Waals surface area (Å²) in [4.78, 5) is 3.99. The van der Waals surface area contributed by atoms with Crippen LogP contribution in [-0.2, 0) is 0 Å². The van der Waals surface area contributed by atoms with E-state index in [0.29, 0.717) is 17.3 Å². The van der Waals surface area contributed by atoms with Crippen LogP contribution in [-0.4, -0.2) is 22.3 Å². The van der Waals surface area contributed by atoms with E-state index < -0.39 is 0 Å². The Morgan fingerprint density at radius 3 is 2.93 bits per heavy atom. The molecule has 0 N–H and O–H groups in total. The van der Waals surface area contributed by atoms with Gasteiger partial charge in [0, 0.05) is 6.20 Å². The SMILES string of the molecule is COc1ncccc1-c1nnc(Cl)o1. The van der Waals surface area contributed by atoms with Gasteiger partial charge in [-0.2, -0.15) is 0 Å². The van der Waals surface area contributed by atoms with Crippen molar-refractivity contribution in [3.05, 3.63) is 23.7 Å². The van der Waals surface area contributed by atoms with Crippen molar-refractivity contribution in [1.29, 1.82) is 0 Å². The Bertz CT molecular complexity index is 444. The molecule has 0 aromatic carbocycles. The Hall–Kier alpha value is -1.62. The molecule has 0 amide bonds. The molecular weight excluding hydrogens is 206 g/mol. The van der Waals surface area contributed by atoms with Gasteiger partial charge in [-0.05, 0) is 23.7 Å². The molecule has 2 heterocycles. The minimum atomic E-state index is -0.00842. The molecule has 0 unspecified atom stereocenters. The number of methoxy groups -OCH3 is 1. The second kappa shape index (κ2) is 3.63. The largest absolute Gasteiger partial charge is 0.480 e. The van der Waals surface area contributed by atoms with Gasteiger partial charge in [0.1, 0.15) is 5.56 Å². The standard InChI is InChI=1S/C8H6ClN3O2/c1-13-6-5(3-2-4-10-6)7-11-12-8(9)14-7/h2-4H,1H3. The van der Waals surface area contributed by atoms with Crippen molar-refractivity contribution in [3.63, 3.8) is 0 Å². The molecule has 0 radical (unpaired) electrons. The predicted molar refractivity (Wildman–Crippen MR) is 49.1 cm³/mol. The van der Waals surface area contributed by atoms with E-state index in [-0.39, 0.29) is 5.35 Å². The average molecular weight is 212 g/mol. The van der Waals surface area contributed by atoms with Crippen molar-refractivity contribution < 1.29 is 9.15 Å². The van der Waals surface area contributed by atoms with E-state index in [4.69, 9.17) is 20.8 Å². The fourth-order valence-electron chi connectivity index (χ4n) is 1.03. The van der Waals surface area contributed by atoms with Gasteiger partial charge >= 0.3 is 5.35 Å². The van der Waals surface area contributed by atoms with E-state index >= 15 is 0 Å². The molecule has 2 rings (SSSR count). The van der Waals surface area contributed by atoms with Gasteiger partial charge in [0.2, 0.25) is 5.88 Å². The third-order valence-corrected chi connectivity index (χ3v) is 1.75. The van der Waals surface area contributed by atoms with Crippen molar-refractivity contribution >= 4 is 11.6 Å². The van der Waals surface area contributed by atoms with Gasteiger partial charge in [0.25, 0.3) is 5.89 Å². The number of aromatic nitrogens is 3. The number of ether oxygens (including phenoxy) is 1. The van der Waals surface area contributed by atoms with Crippen LogP contribution in [0.2, 0.25) is 5.35 Å². The number of halogens is 1. The molecular formula is C8H6ClN3O2. The average Bonchev–Trinajstić information content (AvgIpc) is 2.65. The molecule has 2 aromatic rings. The first kappa shape index (κ1) is 8.96. The van der Waals surface area contributed by atoms with E-state index in [1.807, 2.05) is 0 Å². The number of pyridine rings is 1. The van der Waals surface area contributed by atoms with Crippen LogP contribution in [0.5, 0.6) is 5.88 Å². The van der Waals surface area contributed by atoms with Gasteiger partial charge in [-0.3, -0.25) is 0 Å². The van der Waals surface area contributed by atoms with Gasteiger partial charge in [-0.15, -0.1) is 5.10 Å². The Morgan fingerprint density at radius 1 is 1.43 bits per heavy atom. The smallest absolute Gasteiger partial charge is 0.313 e. The zero-order valence-electron chi connectivity index (χ0n) is 7.27. The first-order chi connectivity index (χ1) is 6.81. The summed E-state index contributed by atoms with van der Waals surface area (Å²) in [5, 5.41) is 7.25. The summed E-state index contributed by atoms with van der Waals surface area (Å²) in [6.07, 6.45) is 1.61. The van der Waals surface area contributed by atoms with Gasteiger partial charge < -0.3 is 9.15 Å². The third kappa shape index (κ3) is 1.54. The highest BCUT2D eigenvalue weighted by Crippen LogP contribution is 2.26. The summed E-state index contributed by atoms with van der Waals surface area (Å²) in [7, 11) is 1.52. The highest BCUT2D eigenvalue weighted by atomic mass is 35.5. The molecule has 0 saturated heterocycles. The fraction of sp³-hybridized carbons (Fsp3) is 0.125. The van der Waals surface area contributed by atoms with Crippen LogP contribution in [0.25, 0.3) is 11.5 Å². The molecule has 0 aliphatic heterocycles. The summed E-state index contributed by atoms with van der Waals surface area (Å²) >= 11 is 5.50. The summed E-state index contributed by atoms with van der Waals surface area (Å²) in [5.74, 6) is 0.716. The van der Waals surface area contributed by atoms with Crippen LogP contribution < -0.4 is 4.74 Å². The van der Waals surface area contributed by atoms with Gasteiger partial charge in [-0.1, -0.05) is 5.10 Å². The second-order valence-corrected chi connectivity index (χ2v) is 2.74. The molecule has 0 bridgehead atoms. The predicted octanol–water partition coefficient (Wildman–Crippen LogP) is 1.79. The van der Waals surface area contributed by atoms with Crippen LogP contribution in [0.15, 0.2) is 22.7 Å². The zero-order chi connectivity index (χ0) is 9.97. The normalized spacial score (nSPS) is 10.1. The Morgan fingerprint density at radius 2 is 2.29 bits per heavy atom. The molecule has 72 valence electrons. The number of hydrogen-bond donors (Lipinski definition) is 0. The van der Waals surface area contributed by atoms with Gasteiger partial charge in [0.15, 0.2) is 0 Å². The Balaban J connectivity index is 2.50. The first-order valence-electron chi connectivity index (χ1n) is 3.79. The minimum Gasteiger partial charge on any atom is -0.480 e. The van der Waals surface area contributed by atoms with Crippen molar-refractivity contribution in [2.75, 3.05) is 7.11 Å². The summed E-state index contributed by atoms with van der Waals surface area (Å²) in [5.41, 5.74) is 0.620. The van der Waals surface area contributed by atoms with Crippen LogP contribution in [0.3, 0.4) is 0 Å². The molecule has 0 saturated carbocycles. The van der Waals surface area contributed by atoms with Crippen molar-refractivity contribution in [2.45, 2.75) is 0 Å². The van der Waals surface area contributed by atoms with Crippen molar-refractivity contribution in [2.24, 2.45) is 0 Å². The second-order valence-electron chi connectivity index (χ2n) is 2.42. The van der Waals surface area contributed by atoms with E-state index in [0.717, 1.165) is 0 Å². The highest BCUT2D eigenvalue weighted by Gasteiger charge is 2.12. The summed E-state index contributed by atoms with van der Waals surface area (Å²) in [6.45, 7) is 0. The molecule has 14 heavy (non-hydrogen) atoms. The number of rotatable bonds is 2. The minimum absolute atomic E-state index is 0.00842. The Kier molecular flexibility index (Phi) is 2.32. The lowest BCUT2D eigenvalue weighted by Gasteiger charge is -2.01. The summed E-state index contributed by atoms with van der Waals surface area (Å²) < 4.78 is 10.1. The van der Waals surface area contributed by atoms with Crippen LogP contribution in [0, 0.1) is 0 Å². The maximum absolute atomic E-state index is 5.50. The molecule has 0 spiro atoms. The van der Waals surface area contributed by atoms with Crippen LogP contribution >= 0.6 is 11.6 Å². The molecule has 0 aliphatic carbocycles. The highest BCUT2D eigenvalue weighted by molar-refractivity contribution is 6.27. The molecule has 0 fully saturated rings. The molecule has 0 atom stereocenters. The zero-order valence-corrected chi connectivity index (χ0v) is 8.02. The molecule has 0 aliphatic rings. The van der Waals surface area contributed by atoms with E-state index in [2.05, 4.69) is 15.2 Å². The van der Waals surface area contributed by atoms with Gasteiger partial charge in [-0.25, -0.2) is 4.98 Å². The summed E-state index contributed by atoms with van der Waals surface area (Å²) in [6, 6.07) is 3.51. The van der Waals surface area contributed by atoms with E-state index in [1.165, 1.54) is 7.11 Å². The fourth-order valence-corrected chi connectivity index (χ4v) is 1.14. The lowest BCUT2D eigenvalue weighted by atomic mass is 10.3. The third-order valence-electron chi connectivity index (χ3n) is 1.60. The lowest BCUT2D eigenvalue weighted by Crippen LogP contribution is -1.90. The number of hydrogen-bond acceptors (Lipinski definition) is 5.